The number of hydrogen-bond donors (Lipinski definition) is 3. The number of rotatable bonds is 7. The smallest absolute Gasteiger partial charge is 0.311 e. The lowest BCUT2D eigenvalue weighted by atomic mass is 10.2. The molecule has 0 aliphatic carbocycles. The summed E-state index contributed by atoms with van der Waals surface area (Å²) in [6, 6.07) is 1.40. The summed E-state index contributed by atoms with van der Waals surface area (Å²) in [4.78, 5) is 32.7. The fourth-order valence-corrected chi connectivity index (χ4v) is 1.38. The molecule has 1 heterocycles. The largest absolute Gasteiger partial charge is 0.481 e. The molecule has 0 aliphatic heterocycles. The summed E-state index contributed by atoms with van der Waals surface area (Å²) in [5, 5.41) is 11.2. The molecule has 1 aromatic rings. The molecule has 0 aliphatic rings. The zero-order valence-electron chi connectivity index (χ0n) is 9.64. The minimum absolute atomic E-state index is 0.106. The van der Waals surface area contributed by atoms with E-state index >= 15 is 0 Å². The zero-order valence-corrected chi connectivity index (χ0v) is 9.64. The maximum absolute atomic E-state index is 11.7. The van der Waals surface area contributed by atoms with Crippen LogP contribution in [0.4, 0.5) is 0 Å². The summed E-state index contributed by atoms with van der Waals surface area (Å²) >= 11 is 0. The van der Waals surface area contributed by atoms with E-state index in [2.05, 4.69) is 5.32 Å². The second-order valence-electron chi connectivity index (χ2n) is 3.65. The standard InChI is InChI=1S/C11H14N2O5/c12-9(14)2-1-4-13-11(17)7-3-5-18-8(7)6-10(15)16/h3,5H,1-2,4,6H2,(H2,12,14)(H,13,17)(H,15,16). The molecule has 0 unspecified atom stereocenters. The normalized spacial score (nSPS) is 10.0. The summed E-state index contributed by atoms with van der Waals surface area (Å²) in [5.74, 6) is -1.83. The Hall–Kier alpha value is -2.31. The van der Waals surface area contributed by atoms with E-state index in [-0.39, 0.29) is 24.2 Å². The number of furan rings is 1. The quantitative estimate of drug-likeness (QED) is 0.586. The van der Waals surface area contributed by atoms with Crippen LogP contribution < -0.4 is 11.1 Å². The first-order chi connectivity index (χ1) is 8.50. The molecule has 0 radical (unpaired) electrons. The SMILES string of the molecule is NC(=O)CCCNC(=O)c1ccoc1CC(=O)O. The van der Waals surface area contributed by atoms with Gasteiger partial charge in [-0.1, -0.05) is 0 Å². The van der Waals surface area contributed by atoms with Gasteiger partial charge in [0.15, 0.2) is 0 Å². The molecule has 2 amide bonds. The fraction of sp³-hybridized carbons (Fsp3) is 0.364. The number of carbonyl (C=O) groups excluding carboxylic acids is 2. The number of carboxylic acid groups (broad SMARTS) is 1. The van der Waals surface area contributed by atoms with Gasteiger partial charge in [-0.3, -0.25) is 14.4 Å². The highest BCUT2D eigenvalue weighted by Gasteiger charge is 2.16. The van der Waals surface area contributed by atoms with Crippen LogP contribution in [0.1, 0.15) is 29.0 Å². The van der Waals surface area contributed by atoms with E-state index in [9.17, 15) is 14.4 Å². The average molecular weight is 254 g/mol. The third kappa shape index (κ3) is 4.28. The Bertz CT molecular complexity index is 452. The lowest BCUT2D eigenvalue weighted by molar-refractivity contribution is -0.136. The summed E-state index contributed by atoms with van der Waals surface area (Å²) < 4.78 is 4.93. The van der Waals surface area contributed by atoms with Crippen molar-refractivity contribution < 1.29 is 23.9 Å². The topological polar surface area (TPSA) is 123 Å². The van der Waals surface area contributed by atoms with Gasteiger partial charge in [-0.05, 0) is 12.5 Å². The van der Waals surface area contributed by atoms with Crippen LogP contribution in [-0.4, -0.2) is 29.4 Å². The van der Waals surface area contributed by atoms with Gasteiger partial charge >= 0.3 is 5.97 Å². The van der Waals surface area contributed by atoms with Gasteiger partial charge in [0.05, 0.1) is 11.8 Å². The van der Waals surface area contributed by atoms with E-state index in [1.54, 1.807) is 0 Å². The predicted molar refractivity (Wildman–Crippen MR) is 60.8 cm³/mol. The maximum Gasteiger partial charge on any atom is 0.311 e. The van der Waals surface area contributed by atoms with Crippen molar-refractivity contribution in [3.05, 3.63) is 23.7 Å². The number of aliphatic carboxylic acids is 1. The molecule has 0 saturated heterocycles. The number of nitrogens with one attached hydrogen (secondary N) is 1. The third-order valence-electron chi connectivity index (χ3n) is 2.19. The molecule has 7 heteroatoms. The molecular weight excluding hydrogens is 240 g/mol. The van der Waals surface area contributed by atoms with Crippen molar-refractivity contribution in [2.45, 2.75) is 19.3 Å². The van der Waals surface area contributed by atoms with Gasteiger partial charge in [-0.2, -0.15) is 0 Å². The van der Waals surface area contributed by atoms with Crippen LogP contribution in [0, 0.1) is 0 Å². The van der Waals surface area contributed by atoms with Crippen molar-refractivity contribution in [3.63, 3.8) is 0 Å². The highest BCUT2D eigenvalue weighted by atomic mass is 16.4. The molecular formula is C11H14N2O5. The second kappa shape index (κ2) is 6.43. The Balaban J connectivity index is 2.48. The van der Waals surface area contributed by atoms with E-state index in [0.717, 1.165) is 0 Å². The number of nitrogens with two attached hydrogens (primary N) is 1. The van der Waals surface area contributed by atoms with Crippen molar-refractivity contribution in [1.82, 2.24) is 5.32 Å². The van der Waals surface area contributed by atoms with Gasteiger partial charge < -0.3 is 20.6 Å². The van der Waals surface area contributed by atoms with E-state index in [4.69, 9.17) is 15.3 Å². The van der Waals surface area contributed by atoms with E-state index in [1.807, 2.05) is 0 Å². The van der Waals surface area contributed by atoms with Crippen molar-refractivity contribution >= 4 is 17.8 Å². The van der Waals surface area contributed by atoms with Crippen molar-refractivity contribution in [2.75, 3.05) is 6.54 Å². The average Bonchev–Trinajstić information content (AvgIpc) is 2.71. The molecule has 98 valence electrons. The third-order valence-corrected chi connectivity index (χ3v) is 2.19. The Morgan fingerprint density at radius 2 is 2.11 bits per heavy atom. The number of carbonyl (C=O) groups is 3. The molecule has 0 atom stereocenters. The van der Waals surface area contributed by atoms with Gasteiger partial charge in [0, 0.05) is 13.0 Å². The van der Waals surface area contributed by atoms with Crippen LogP contribution in [0.25, 0.3) is 0 Å². The zero-order chi connectivity index (χ0) is 13.5. The van der Waals surface area contributed by atoms with Gasteiger partial charge in [0.2, 0.25) is 5.91 Å². The molecule has 0 aromatic carbocycles. The summed E-state index contributed by atoms with van der Waals surface area (Å²) in [5.41, 5.74) is 5.14. The minimum atomic E-state index is -1.08. The first-order valence-corrected chi connectivity index (χ1v) is 5.35. The van der Waals surface area contributed by atoms with E-state index < -0.39 is 17.8 Å². The van der Waals surface area contributed by atoms with E-state index in [1.165, 1.54) is 12.3 Å². The molecule has 7 nitrogen and oxygen atoms in total. The Morgan fingerprint density at radius 3 is 2.72 bits per heavy atom. The predicted octanol–water partition coefficient (Wildman–Crippen LogP) is -0.0980. The Labute approximate surface area is 103 Å². The van der Waals surface area contributed by atoms with Crippen LogP contribution in [0.3, 0.4) is 0 Å². The number of primary amides is 1. The van der Waals surface area contributed by atoms with Crippen LogP contribution in [0.15, 0.2) is 16.7 Å². The van der Waals surface area contributed by atoms with Crippen LogP contribution in [0.2, 0.25) is 0 Å². The molecule has 0 bridgehead atoms. The van der Waals surface area contributed by atoms with Crippen LogP contribution in [-0.2, 0) is 16.0 Å². The molecule has 0 fully saturated rings. The molecule has 0 saturated carbocycles. The van der Waals surface area contributed by atoms with Crippen molar-refractivity contribution in [1.29, 1.82) is 0 Å². The van der Waals surface area contributed by atoms with E-state index in [0.29, 0.717) is 13.0 Å². The van der Waals surface area contributed by atoms with Crippen molar-refractivity contribution in [2.24, 2.45) is 5.73 Å². The first kappa shape index (κ1) is 13.8. The lowest BCUT2D eigenvalue weighted by Crippen LogP contribution is -2.26. The van der Waals surface area contributed by atoms with Gasteiger partial charge in [-0.15, -0.1) is 0 Å². The molecule has 18 heavy (non-hydrogen) atoms. The van der Waals surface area contributed by atoms with Crippen molar-refractivity contribution in [3.8, 4) is 0 Å². The first-order valence-electron chi connectivity index (χ1n) is 5.35. The van der Waals surface area contributed by atoms with Crippen LogP contribution >= 0.6 is 0 Å². The summed E-state index contributed by atoms with van der Waals surface area (Å²) in [6.07, 6.45) is 1.54. The monoisotopic (exact) mass is 254 g/mol. The Kier molecular flexibility index (Phi) is 4.91. The highest BCUT2D eigenvalue weighted by molar-refractivity contribution is 5.96. The van der Waals surface area contributed by atoms with Gasteiger partial charge in [-0.25, -0.2) is 0 Å². The minimum Gasteiger partial charge on any atom is -0.481 e. The summed E-state index contributed by atoms with van der Waals surface area (Å²) in [7, 11) is 0. The number of carboxylic acids is 1. The summed E-state index contributed by atoms with van der Waals surface area (Å²) in [6.45, 7) is 0.291. The maximum atomic E-state index is 11.7. The number of hydrogen-bond acceptors (Lipinski definition) is 4. The van der Waals surface area contributed by atoms with Gasteiger partial charge in [0.25, 0.3) is 5.91 Å². The number of amides is 2. The molecule has 0 spiro atoms. The second-order valence-corrected chi connectivity index (χ2v) is 3.65. The van der Waals surface area contributed by atoms with Crippen LogP contribution in [0.5, 0.6) is 0 Å². The molecule has 1 aromatic heterocycles. The lowest BCUT2D eigenvalue weighted by Gasteiger charge is -2.03. The van der Waals surface area contributed by atoms with Gasteiger partial charge in [0.1, 0.15) is 12.2 Å². The highest BCUT2D eigenvalue weighted by Crippen LogP contribution is 2.11. The Morgan fingerprint density at radius 1 is 1.39 bits per heavy atom. The molecule has 1 rings (SSSR count). The molecule has 4 N–H and O–H groups in total. The fourth-order valence-electron chi connectivity index (χ4n) is 1.38.